The van der Waals surface area contributed by atoms with Crippen LogP contribution in [0.15, 0.2) is 41.8 Å². The zero-order valence-electron chi connectivity index (χ0n) is 14.1. The van der Waals surface area contributed by atoms with Crippen LogP contribution >= 0.6 is 11.3 Å². The van der Waals surface area contributed by atoms with Gasteiger partial charge in [0.05, 0.1) is 5.69 Å². The highest BCUT2D eigenvalue weighted by molar-refractivity contribution is 7.14. The van der Waals surface area contributed by atoms with E-state index in [1.807, 2.05) is 29.6 Å². The van der Waals surface area contributed by atoms with E-state index >= 15 is 0 Å². The molecule has 1 unspecified atom stereocenters. The minimum absolute atomic E-state index is 0.0168. The van der Waals surface area contributed by atoms with Crippen LogP contribution in [-0.2, 0) is 16.1 Å². The quantitative estimate of drug-likeness (QED) is 0.776. The zero-order chi connectivity index (χ0) is 17.6. The monoisotopic (exact) mass is 355 g/mol. The van der Waals surface area contributed by atoms with Crippen LogP contribution in [0.3, 0.4) is 0 Å². The number of hydrogen-bond donors (Lipinski definition) is 2. The molecule has 2 aromatic rings. The molecule has 1 aromatic carbocycles. The predicted octanol–water partition coefficient (Wildman–Crippen LogP) is 3.74. The Morgan fingerprint density at radius 2 is 2.08 bits per heavy atom. The molecular weight excluding hydrogens is 334 g/mol. The number of nitrogens with one attached hydrogen (secondary N) is 2. The average molecular weight is 355 g/mol. The lowest BCUT2D eigenvalue weighted by Crippen LogP contribution is -2.18. The molecule has 0 radical (unpaired) electrons. The molecule has 0 aliphatic heterocycles. The molecule has 130 valence electrons. The maximum absolute atomic E-state index is 12.1. The van der Waals surface area contributed by atoms with Crippen molar-refractivity contribution in [2.75, 3.05) is 5.32 Å². The van der Waals surface area contributed by atoms with Crippen LogP contribution in [0.1, 0.15) is 31.7 Å². The van der Waals surface area contributed by atoms with Crippen LogP contribution < -0.4 is 10.6 Å². The Morgan fingerprint density at radius 3 is 2.76 bits per heavy atom. The van der Waals surface area contributed by atoms with Gasteiger partial charge in [0.25, 0.3) is 0 Å². The van der Waals surface area contributed by atoms with Gasteiger partial charge in [0.15, 0.2) is 5.13 Å². The summed E-state index contributed by atoms with van der Waals surface area (Å²) in [5.41, 5.74) is 2.86. The number of benzene rings is 1. The first-order chi connectivity index (χ1) is 12.1. The van der Waals surface area contributed by atoms with Crippen molar-refractivity contribution >= 4 is 28.3 Å². The molecular formula is C19H21N3O2S. The highest BCUT2D eigenvalue weighted by Crippen LogP contribution is 2.26. The first-order valence-electron chi connectivity index (χ1n) is 8.36. The second kappa shape index (κ2) is 8.07. The Labute approximate surface area is 151 Å². The molecule has 1 aliphatic rings. The van der Waals surface area contributed by atoms with E-state index in [4.69, 9.17) is 0 Å². The molecule has 0 fully saturated rings. The fourth-order valence-corrected chi connectivity index (χ4v) is 3.49. The molecule has 5 nitrogen and oxygen atoms in total. The second-order valence-electron chi connectivity index (χ2n) is 6.16. The fourth-order valence-electron chi connectivity index (χ4n) is 2.76. The number of nitrogens with zero attached hydrogens (tertiary/aromatic N) is 1. The summed E-state index contributed by atoms with van der Waals surface area (Å²) < 4.78 is 0. The normalized spacial score (nSPS) is 16.0. The number of aromatic nitrogens is 1. The van der Waals surface area contributed by atoms with Gasteiger partial charge in [-0.25, -0.2) is 4.98 Å². The minimum atomic E-state index is -0.0444. The Hall–Kier alpha value is -2.47. The van der Waals surface area contributed by atoms with E-state index in [0.29, 0.717) is 24.0 Å². The fraction of sp³-hybridized carbons (Fsp3) is 0.316. The van der Waals surface area contributed by atoms with Gasteiger partial charge in [0, 0.05) is 30.8 Å². The molecule has 1 atom stereocenters. The number of rotatable bonds is 6. The van der Waals surface area contributed by atoms with E-state index in [-0.39, 0.29) is 11.8 Å². The summed E-state index contributed by atoms with van der Waals surface area (Å²) in [6.45, 7) is 2.02. The molecule has 3 rings (SSSR count). The van der Waals surface area contributed by atoms with Crippen molar-refractivity contribution in [3.63, 3.8) is 0 Å². The highest BCUT2D eigenvalue weighted by atomic mass is 32.1. The van der Waals surface area contributed by atoms with Crippen molar-refractivity contribution in [1.82, 2.24) is 10.3 Å². The van der Waals surface area contributed by atoms with Gasteiger partial charge in [-0.2, -0.15) is 0 Å². The topological polar surface area (TPSA) is 71.1 Å². The molecule has 0 saturated heterocycles. The van der Waals surface area contributed by atoms with Crippen molar-refractivity contribution in [2.45, 2.75) is 32.7 Å². The Bertz CT molecular complexity index is 780. The molecule has 0 bridgehead atoms. The molecule has 0 saturated carbocycles. The summed E-state index contributed by atoms with van der Waals surface area (Å²) in [6, 6.07) is 7.88. The SMILES string of the molecule is CC(=O)NCc1ccc(-c2csc(NC(=O)CC3C=CCC3)n2)cc1. The third kappa shape index (κ3) is 5.00. The average Bonchev–Trinajstić information content (AvgIpc) is 3.25. The second-order valence-corrected chi connectivity index (χ2v) is 7.02. The highest BCUT2D eigenvalue weighted by Gasteiger charge is 2.15. The number of thiazole rings is 1. The van der Waals surface area contributed by atoms with E-state index in [2.05, 4.69) is 27.8 Å². The van der Waals surface area contributed by atoms with Crippen molar-refractivity contribution in [2.24, 2.45) is 5.92 Å². The van der Waals surface area contributed by atoms with Crippen LogP contribution in [0, 0.1) is 5.92 Å². The van der Waals surface area contributed by atoms with E-state index in [1.54, 1.807) is 0 Å². The van der Waals surface area contributed by atoms with Gasteiger partial charge in [-0.05, 0) is 24.3 Å². The molecule has 25 heavy (non-hydrogen) atoms. The predicted molar refractivity (Wildman–Crippen MR) is 100 cm³/mol. The van der Waals surface area contributed by atoms with E-state index in [9.17, 15) is 9.59 Å². The zero-order valence-corrected chi connectivity index (χ0v) is 14.9. The minimum Gasteiger partial charge on any atom is -0.352 e. The standard InChI is InChI=1S/C19H21N3O2S/c1-13(23)20-11-15-6-8-16(9-7-15)17-12-25-19(21-17)22-18(24)10-14-4-2-3-5-14/h2,4,6-9,12,14H,3,5,10-11H2,1H3,(H,20,23)(H,21,22,24). The molecule has 0 spiro atoms. The lowest BCUT2D eigenvalue weighted by Gasteiger charge is -2.06. The van der Waals surface area contributed by atoms with Crippen LogP contribution in [0.5, 0.6) is 0 Å². The lowest BCUT2D eigenvalue weighted by atomic mass is 10.1. The van der Waals surface area contributed by atoms with E-state index in [1.165, 1.54) is 18.3 Å². The number of allylic oxidation sites excluding steroid dienone is 2. The maximum Gasteiger partial charge on any atom is 0.226 e. The third-order valence-electron chi connectivity index (χ3n) is 4.10. The van der Waals surface area contributed by atoms with Crippen LogP contribution in [0.2, 0.25) is 0 Å². The molecule has 1 heterocycles. The summed E-state index contributed by atoms with van der Waals surface area (Å²) in [4.78, 5) is 27.5. The first kappa shape index (κ1) is 17.4. The van der Waals surface area contributed by atoms with Gasteiger partial charge in [-0.3, -0.25) is 9.59 Å². The Morgan fingerprint density at radius 1 is 1.28 bits per heavy atom. The van der Waals surface area contributed by atoms with Crippen LogP contribution in [0.25, 0.3) is 11.3 Å². The van der Waals surface area contributed by atoms with Gasteiger partial charge < -0.3 is 10.6 Å². The molecule has 2 amide bonds. The van der Waals surface area contributed by atoms with E-state index < -0.39 is 0 Å². The molecule has 2 N–H and O–H groups in total. The maximum atomic E-state index is 12.1. The summed E-state index contributed by atoms with van der Waals surface area (Å²) >= 11 is 1.43. The van der Waals surface area contributed by atoms with Gasteiger partial charge in [-0.15, -0.1) is 11.3 Å². The number of carbonyl (C=O) groups excluding carboxylic acids is 2. The van der Waals surface area contributed by atoms with Crippen molar-refractivity contribution < 1.29 is 9.59 Å². The number of anilines is 1. The first-order valence-corrected chi connectivity index (χ1v) is 9.24. The molecule has 6 heteroatoms. The van der Waals surface area contributed by atoms with Crippen molar-refractivity contribution in [3.05, 3.63) is 47.4 Å². The summed E-state index contributed by atoms with van der Waals surface area (Å²) in [6.07, 6.45) is 6.90. The largest absolute Gasteiger partial charge is 0.352 e. The molecule has 1 aliphatic carbocycles. The van der Waals surface area contributed by atoms with Gasteiger partial charge in [-0.1, -0.05) is 36.4 Å². The lowest BCUT2D eigenvalue weighted by molar-refractivity contribution is -0.119. The van der Waals surface area contributed by atoms with Gasteiger partial charge in [0.2, 0.25) is 11.8 Å². The molecule has 1 aromatic heterocycles. The third-order valence-corrected chi connectivity index (χ3v) is 4.86. The summed E-state index contributed by atoms with van der Waals surface area (Å²) in [5, 5.41) is 8.23. The van der Waals surface area contributed by atoms with Gasteiger partial charge >= 0.3 is 0 Å². The summed E-state index contributed by atoms with van der Waals surface area (Å²) in [7, 11) is 0. The van der Waals surface area contributed by atoms with Crippen molar-refractivity contribution in [3.8, 4) is 11.3 Å². The Kier molecular flexibility index (Phi) is 5.60. The summed E-state index contributed by atoms with van der Waals surface area (Å²) in [5.74, 6) is 0.329. The van der Waals surface area contributed by atoms with Crippen LogP contribution in [0.4, 0.5) is 5.13 Å². The number of amides is 2. The Balaban J connectivity index is 1.57. The van der Waals surface area contributed by atoms with E-state index in [0.717, 1.165) is 29.7 Å². The van der Waals surface area contributed by atoms with Crippen molar-refractivity contribution in [1.29, 1.82) is 0 Å². The van der Waals surface area contributed by atoms with Gasteiger partial charge in [0.1, 0.15) is 0 Å². The van der Waals surface area contributed by atoms with Crippen LogP contribution in [-0.4, -0.2) is 16.8 Å². The number of hydrogen-bond acceptors (Lipinski definition) is 4. The number of carbonyl (C=O) groups is 2. The smallest absolute Gasteiger partial charge is 0.226 e.